The van der Waals surface area contributed by atoms with Crippen molar-refractivity contribution in [1.82, 2.24) is 19.5 Å². The van der Waals surface area contributed by atoms with Gasteiger partial charge >= 0.3 is 0 Å². The quantitative estimate of drug-likeness (QED) is 0.665. The predicted molar refractivity (Wildman–Crippen MR) is 102 cm³/mol. The van der Waals surface area contributed by atoms with Gasteiger partial charge in [0.1, 0.15) is 11.5 Å². The highest BCUT2D eigenvalue weighted by Gasteiger charge is 2.15. The fourth-order valence-corrected chi connectivity index (χ4v) is 3.59. The van der Waals surface area contributed by atoms with Gasteiger partial charge in [0.2, 0.25) is 0 Å². The zero-order chi connectivity index (χ0) is 17.1. The second-order valence-electron chi connectivity index (χ2n) is 6.24. The molecule has 0 atom stereocenters. The molecule has 0 radical (unpaired) electrons. The lowest BCUT2D eigenvalue weighted by molar-refractivity contribution is 0.405. The third kappa shape index (κ3) is 3.44. The van der Waals surface area contributed by atoms with E-state index in [1.54, 1.807) is 11.3 Å². The van der Waals surface area contributed by atoms with E-state index >= 15 is 0 Å². The summed E-state index contributed by atoms with van der Waals surface area (Å²) in [4.78, 5) is 8.13. The molecule has 128 valence electrons. The van der Waals surface area contributed by atoms with Gasteiger partial charge in [-0.1, -0.05) is 13.0 Å². The van der Waals surface area contributed by atoms with E-state index in [-0.39, 0.29) is 0 Å². The van der Waals surface area contributed by atoms with Crippen molar-refractivity contribution in [3.05, 3.63) is 34.8 Å². The largest absolute Gasteiger partial charge is 0.370 e. The molecule has 3 rings (SSSR count). The number of nitrogens with zero attached hydrogens (tertiary/aromatic N) is 4. The maximum Gasteiger partial charge on any atom is 0.158 e. The Labute approximate surface area is 147 Å². The van der Waals surface area contributed by atoms with Crippen molar-refractivity contribution in [1.29, 1.82) is 0 Å². The zero-order valence-corrected chi connectivity index (χ0v) is 15.7. The van der Waals surface area contributed by atoms with Crippen LogP contribution in [0, 0.1) is 6.92 Å². The van der Waals surface area contributed by atoms with Crippen LogP contribution in [0.4, 0.5) is 5.82 Å². The first-order valence-corrected chi connectivity index (χ1v) is 9.30. The van der Waals surface area contributed by atoms with Gasteiger partial charge in [-0.2, -0.15) is 9.61 Å². The molecule has 0 aromatic carbocycles. The van der Waals surface area contributed by atoms with Gasteiger partial charge < -0.3 is 10.2 Å². The maximum absolute atomic E-state index is 4.81. The molecular weight excluding hydrogens is 318 g/mol. The first kappa shape index (κ1) is 16.9. The number of hydrogen-bond donors (Lipinski definition) is 1. The first-order valence-electron chi connectivity index (χ1n) is 8.42. The fourth-order valence-electron chi connectivity index (χ4n) is 2.91. The van der Waals surface area contributed by atoms with Gasteiger partial charge in [-0.15, -0.1) is 11.3 Å². The van der Waals surface area contributed by atoms with Crippen molar-refractivity contribution in [2.75, 3.05) is 32.5 Å². The monoisotopic (exact) mass is 343 g/mol. The minimum atomic E-state index is 0.906. The summed E-state index contributed by atoms with van der Waals surface area (Å²) in [5.74, 6) is 1.08. The average molecular weight is 344 g/mol. The lowest BCUT2D eigenvalue weighted by atomic mass is 10.1. The molecule has 0 aliphatic carbocycles. The van der Waals surface area contributed by atoms with Crippen molar-refractivity contribution in [2.24, 2.45) is 0 Å². The molecule has 0 saturated carbocycles. The molecule has 3 heterocycles. The molecule has 0 fully saturated rings. The van der Waals surface area contributed by atoms with Crippen LogP contribution in [0.2, 0.25) is 0 Å². The Hall–Kier alpha value is -1.92. The van der Waals surface area contributed by atoms with Crippen LogP contribution < -0.4 is 5.32 Å². The number of hydrogen-bond acceptors (Lipinski definition) is 5. The Bertz CT molecular complexity index is 805. The van der Waals surface area contributed by atoms with Crippen LogP contribution in [-0.2, 0) is 6.42 Å². The van der Waals surface area contributed by atoms with Crippen LogP contribution >= 0.6 is 11.3 Å². The summed E-state index contributed by atoms with van der Waals surface area (Å²) in [7, 11) is 4.21. The van der Waals surface area contributed by atoms with Crippen LogP contribution in [0.15, 0.2) is 23.6 Å². The van der Waals surface area contributed by atoms with Crippen molar-refractivity contribution >= 4 is 22.8 Å². The summed E-state index contributed by atoms with van der Waals surface area (Å²) >= 11 is 1.71. The Balaban J connectivity index is 1.97. The number of nitrogens with one attached hydrogen (secondary N) is 1. The highest BCUT2D eigenvalue weighted by atomic mass is 32.1. The summed E-state index contributed by atoms with van der Waals surface area (Å²) < 4.78 is 1.97. The molecule has 1 N–H and O–H groups in total. The SMILES string of the molecule is CCc1c(C)nc2cc(-c3cccs3)nn2c1NCCCN(C)C. The van der Waals surface area contributed by atoms with Crippen molar-refractivity contribution in [2.45, 2.75) is 26.7 Å². The van der Waals surface area contributed by atoms with E-state index in [0.717, 1.165) is 48.8 Å². The molecule has 0 aliphatic heterocycles. The van der Waals surface area contributed by atoms with E-state index in [0.29, 0.717) is 0 Å². The van der Waals surface area contributed by atoms with Crippen LogP contribution in [0.25, 0.3) is 16.2 Å². The van der Waals surface area contributed by atoms with Crippen LogP contribution in [0.3, 0.4) is 0 Å². The normalized spacial score (nSPS) is 11.5. The predicted octanol–water partition coefficient (Wildman–Crippen LogP) is 3.69. The molecule has 6 heteroatoms. The topological polar surface area (TPSA) is 45.5 Å². The standard InChI is InChI=1S/C18H25N5S/c1-5-14-13(2)20-17-12-15(16-8-6-11-24-16)21-23(17)18(14)19-9-7-10-22(3)4/h6,8,11-12,19H,5,7,9-10H2,1-4H3. The Morgan fingerprint density at radius 1 is 1.33 bits per heavy atom. The number of fused-ring (bicyclic) bond motifs is 1. The first-order chi connectivity index (χ1) is 11.6. The Morgan fingerprint density at radius 3 is 2.83 bits per heavy atom. The smallest absolute Gasteiger partial charge is 0.158 e. The zero-order valence-electron chi connectivity index (χ0n) is 14.8. The van der Waals surface area contributed by atoms with Gasteiger partial charge in [-0.05, 0) is 51.9 Å². The third-order valence-corrected chi connectivity index (χ3v) is 5.00. The molecule has 0 saturated heterocycles. The average Bonchev–Trinajstić information content (AvgIpc) is 3.19. The van der Waals surface area contributed by atoms with Crippen LogP contribution in [0.1, 0.15) is 24.6 Å². The summed E-state index contributed by atoms with van der Waals surface area (Å²) in [6.07, 6.45) is 2.04. The van der Waals surface area contributed by atoms with Gasteiger partial charge in [0.25, 0.3) is 0 Å². The van der Waals surface area contributed by atoms with Crippen LogP contribution in [0.5, 0.6) is 0 Å². The van der Waals surface area contributed by atoms with Gasteiger partial charge in [0, 0.05) is 23.9 Å². The fraction of sp³-hybridized carbons (Fsp3) is 0.444. The number of anilines is 1. The van der Waals surface area contributed by atoms with E-state index in [1.807, 2.05) is 4.52 Å². The molecule has 0 amide bonds. The summed E-state index contributed by atoms with van der Waals surface area (Å²) in [6.45, 7) is 6.26. The van der Waals surface area contributed by atoms with E-state index in [2.05, 4.69) is 61.7 Å². The van der Waals surface area contributed by atoms with Crippen molar-refractivity contribution < 1.29 is 0 Å². The minimum Gasteiger partial charge on any atom is -0.370 e. The van der Waals surface area contributed by atoms with E-state index < -0.39 is 0 Å². The maximum atomic E-state index is 4.81. The molecule has 0 unspecified atom stereocenters. The summed E-state index contributed by atoms with van der Waals surface area (Å²) in [5.41, 5.74) is 4.22. The highest BCUT2D eigenvalue weighted by molar-refractivity contribution is 7.13. The van der Waals surface area contributed by atoms with E-state index in [1.165, 1.54) is 10.4 Å². The third-order valence-electron chi connectivity index (χ3n) is 4.11. The van der Waals surface area contributed by atoms with E-state index in [9.17, 15) is 0 Å². The Kier molecular flexibility index (Phi) is 5.16. The Morgan fingerprint density at radius 2 is 2.17 bits per heavy atom. The number of aromatic nitrogens is 3. The molecule has 0 bridgehead atoms. The number of aryl methyl sites for hydroxylation is 1. The lowest BCUT2D eigenvalue weighted by Gasteiger charge is -2.15. The molecular formula is C18H25N5S. The van der Waals surface area contributed by atoms with Gasteiger partial charge in [0.05, 0.1) is 4.88 Å². The van der Waals surface area contributed by atoms with Crippen molar-refractivity contribution in [3.63, 3.8) is 0 Å². The second kappa shape index (κ2) is 7.32. The minimum absolute atomic E-state index is 0.906. The second-order valence-corrected chi connectivity index (χ2v) is 7.19. The van der Waals surface area contributed by atoms with E-state index in [4.69, 9.17) is 10.1 Å². The lowest BCUT2D eigenvalue weighted by Crippen LogP contribution is -2.18. The summed E-state index contributed by atoms with van der Waals surface area (Å²) in [6, 6.07) is 6.23. The molecule has 3 aromatic rings. The van der Waals surface area contributed by atoms with Gasteiger partial charge in [-0.25, -0.2) is 4.98 Å². The number of thiophene rings is 1. The molecule has 3 aromatic heterocycles. The molecule has 0 aliphatic rings. The van der Waals surface area contributed by atoms with Gasteiger partial charge in [0.15, 0.2) is 5.65 Å². The molecule has 5 nitrogen and oxygen atoms in total. The van der Waals surface area contributed by atoms with Crippen LogP contribution in [-0.4, -0.2) is 46.7 Å². The number of rotatable bonds is 7. The van der Waals surface area contributed by atoms with Gasteiger partial charge in [-0.3, -0.25) is 0 Å². The summed E-state index contributed by atoms with van der Waals surface area (Å²) in [5, 5.41) is 10.5. The highest BCUT2D eigenvalue weighted by Crippen LogP contribution is 2.27. The molecule has 24 heavy (non-hydrogen) atoms. The molecule has 0 spiro atoms. The van der Waals surface area contributed by atoms with Crippen molar-refractivity contribution in [3.8, 4) is 10.6 Å².